The minimum Gasteiger partial charge on any atom is -0.493 e. The van der Waals surface area contributed by atoms with E-state index in [-0.39, 0.29) is 29.9 Å². The van der Waals surface area contributed by atoms with Crippen LogP contribution in [0.25, 0.3) is 0 Å². The molecule has 0 aromatic heterocycles. The maximum atomic E-state index is 13.4. The molecule has 0 radical (unpaired) electrons. The number of rotatable bonds is 6. The quantitative estimate of drug-likeness (QED) is 0.733. The Morgan fingerprint density at radius 1 is 0.875 bits per heavy atom. The van der Waals surface area contributed by atoms with Crippen molar-refractivity contribution < 1.29 is 23.8 Å². The van der Waals surface area contributed by atoms with E-state index in [0.717, 1.165) is 23.2 Å². The third kappa shape index (κ3) is 3.97. The number of nitrogens with one attached hydrogen (secondary N) is 1. The second kappa shape index (κ2) is 9.07. The highest BCUT2D eigenvalue weighted by Gasteiger charge is 2.38. The molecule has 2 aromatic carbocycles. The van der Waals surface area contributed by atoms with Gasteiger partial charge in [0.1, 0.15) is 0 Å². The predicted molar refractivity (Wildman–Crippen MR) is 121 cm³/mol. The number of ketones is 1. The molecule has 2 aliphatic rings. The molecule has 1 N–H and O–H groups in total. The van der Waals surface area contributed by atoms with Crippen LogP contribution in [0.15, 0.2) is 47.7 Å². The molecule has 1 amide bonds. The summed E-state index contributed by atoms with van der Waals surface area (Å²) in [6.45, 7) is 2.12. The van der Waals surface area contributed by atoms with Gasteiger partial charge in [0.05, 0.1) is 21.3 Å². The number of hydrogen-bond acceptors (Lipinski definition) is 5. The average molecular weight is 436 g/mol. The van der Waals surface area contributed by atoms with Crippen molar-refractivity contribution in [2.24, 2.45) is 0 Å². The van der Waals surface area contributed by atoms with Crippen LogP contribution in [-0.4, -0.2) is 33.0 Å². The fourth-order valence-corrected chi connectivity index (χ4v) is 4.81. The average Bonchev–Trinajstić information content (AvgIpc) is 2.82. The van der Waals surface area contributed by atoms with Gasteiger partial charge < -0.3 is 19.5 Å². The molecule has 2 atom stereocenters. The minimum absolute atomic E-state index is 0.0612. The number of amides is 1. The van der Waals surface area contributed by atoms with Gasteiger partial charge in [-0.25, -0.2) is 0 Å². The van der Waals surface area contributed by atoms with E-state index in [0.29, 0.717) is 35.7 Å². The van der Waals surface area contributed by atoms with Gasteiger partial charge in [0.15, 0.2) is 17.3 Å². The molecule has 4 rings (SSSR count). The van der Waals surface area contributed by atoms with E-state index in [1.807, 2.05) is 12.1 Å². The second-order valence-electron chi connectivity index (χ2n) is 8.28. The molecular formula is C26H29NO5. The molecule has 1 aliphatic heterocycles. The number of carbonyl (C=O) groups excluding carboxylic acids is 2. The smallest absolute Gasteiger partial charge is 0.225 e. The van der Waals surface area contributed by atoms with Crippen molar-refractivity contribution >= 4 is 11.7 Å². The van der Waals surface area contributed by atoms with E-state index < -0.39 is 0 Å². The van der Waals surface area contributed by atoms with E-state index in [4.69, 9.17) is 14.2 Å². The molecule has 2 unspecified atom stereocenters. The van der Waals surface area contributed by atoms with Crippen molar-refractivity contribution in [1.29, 1.82) is 0 Å². The first-order chi connectivity index (χ1) is 15.5. The second-order valence-corrected chi connectivity index (χ2v) is 8.28. The number of hydrogen-bond donors (Lipinski definition) is 1. The molecule has 2 aromatic rings. The Hall–Kier alpha value is -3.28. The van der Waals surface area contributed by atoms with Gasteiger partial charge in [0, 0.05) is 30.0 Å². The number of methoxy groups -OCH3 is 3. The van der Waals surface area contributed by atoms with Crippen LogP contribution < -0.4 is 19.5 Å². The van der Waals surface area contributed by atoms with E-state index in [9.17, 15) is 9.59 Å². The molecule has 1 aliphatic carbocycles. The lowest BCUT2D eigenvalue weighted by Gasteiger charge is -2.34. The topological polar surface area (TPSA) is 73.9 Å². The maximum Gasteiger partial charge on any atom is 0.225 e. The fraction of sp³-hybridized carbons (Fsp3) is 0.385. The number of ether oxygens (including phenoxy) is 3. The van der Waals surface area contributed by atoms with Crippen molar-refractivity contribution in [2.75, 3.05) is 21.3 Å². The summed E-state index contributed by atoms with van der Waals surface area (Å²) in [6.07, 6.45) is 2.26. The molecule has 168 valence electrons. The largest absolute Gasteiger partial charge is 0.493 e. The molecule has 0 saturated carbocycles. The van der Waals surface area contributed by atoms with Crippen LogP contribution in [0, 0.1) is 0 Å². The predicted octanol–water partition coefficient (Wildman–Crippen LogP) is 4.28. The van der Waals surface area contributed by atoms with E-state index in [1.165, 1.54) is 5.56 Å². The molecule has 6 nitrogen and oxygen atoms in total. The first-order valence-corrected chi connectivity index (χ1v) is 10.9. The summed E-state index contributed by atoms with van der Waals surface area (Å²) in [4.78, 5) is 26.0. The van der Waals surface area contributed by atoms with Gasteiger partial charge in [-0.15, -0.1) is 0 Å². The summed E-state index contributed by atoms with van der Waals surface area (Å²) in [6, 6.07) is 12.1. The monoisotopic (exact) mass is 435 g/mol. The Kier molecular flexibility index (Phi) is 6.21. The molecule has 32 heavy (non-hydrogen) atoms. The van der Waals surface area contributed by atoms with Gasteiger partial charge in [-0.2, -0.15) is 0 Å². The zero-order valence-corrected chi connectivity index (χ0v) is 19.0. The van der Waals surface area contributed by atoms with E-state index in [2.05, 4.69) is 36.5 Å². The van der Waals surface area contributed by atoms with Gasteiger partial charge >= 0.3 is 0 Å². The summed E-state index contributed by atoms with van der Waals surface area (Å²) in [5.41, 5.74) is 4.64. The highest BCUT2D eigenvalue weighted by Crippen LogP contribution is 2.46. The minimum atomic E-state index is -0.344. The van der Waals surface area contributed by atoms with Crippen molar-refractivity contribution in [2.45, 2.75) is 44.4 Å². The summed E-state index contributed by atoms with van der Waals surface area (Å²) < 4.78 is 16.4. The zero-order chi connectivity index (χ0) is 22.8. The molecule has 0 spiro atoms. The maximum absolute atomic E-state index is 13.4. The number of aryl methyl sites for hydroxylation is 1. The van der Waals surface area contributed by atoms with Crippen LogP contribution in [0.1, 0.15) is 54.7 Å². The van der Waals surface area contributed by atoms with Crippen molar-refractivity contribution in [3.05, 3.63) is 64.4 Å². The lowest BCUT2D eigenvalue weighted by molar-refractivity contribution is -0.122. The number of benzene rings is 2. The van der Waals surface area contributed by atoms with Gasteiger partial charge in [0.2, 0.25) is 11.7 Å². The summed E-state index contributed by atoms with van der Waals surface area (Å²) in [5.74, 6) is 1.21. The third-order valence-electron chi connectivity index (χ3n) is 6.48. The number of Topliss-reactive ketones (excluding diaryl/α,β-unsaturated/α-hetero) is 1. The highest BCUT2D eigenvalue weighted by atomic mass is 16.5. The van der Waals surface area contributed by atoms with E-state index >= 15 is 0 Å². The molecule has 0 fully saturated rings. The first-order valence-electron chi connectivity index (χ1n) is 10.9. The van der Waals surface area contributed by atoms with Crippen LogP contribution in [-0.2, 0) is 16.0 Å². The lowest BCUT2D eigenvalue weighted by atomic mass is 9.73. The van der Waals surface area contributed by atoms with E-state index in [1.54, 1.807) is 21.3 Å². The van der Waals surface area contributed by atoms with Crippen LogP contribution in [0.3, 0.4) is 0 Å². The number of carbonyl (C=O) groups is 2. The van der Waals surface area contributed by atoms with Crippen molar-refractivity contribution in [3.8, 4) is 17.2 Å². The van der Waals surface area contributed by atoms with Crippen LogP contribution >= 0.6 is 0 Å². The third-order valence-corrected chi connectivity index (χ3v) is 6.48. The Labute approximate surface area is 188 Å². The van der Waals surface area contributed by atoms with Crippen molar-refractivity contribution in [1.82, 2.24) is 5.32 Å². The van der Waals surface area contributed by atoms with Crippen LogP contribution in [0.5, 0.6) is 17.2 Å². The Morgan fingerprint density at radius 2 is 1.53 bits per heavy atom. The summed E-state index contributed by atoms with van der Waals surface area (Å²) >= 11 is 0. The lowest BCUT2D eigenvalue weighted by Crippen LogP contribution is -2.38. The van der Waals surface area contributed by atoms with Gasteiger partial charge in [-0.1, -0.05) is 31.2 Å². The SMILES string of the molecule is CCc1ccc(C2CC(=O)C3=C(C2)NC(=O)CC3c2cc(OC)c(OC)c(OC)c2)cc1. The van der Waals surface area contributed by atoms with Gasteiger partial charge in [-0.05, 0) is 47.6 Å². The summed E-state index contributed by atoms with van der Waals surface area (Å²) in [7, 11) is 4.66. The Morgan fingerprint density at radius 3 is 2.09 bits per heavy atom. The first kappa shape index (κ1) is 21.9. The molecule has 0 bridgehead atoms. The molecule has 1 heterocycles. The van der Waals surface area contributed by atoms with Gasteiger partial charge in [0.25, 0.3) is 0 Å². The van der Waals surface area contributed by atoms with Crippen LogP contribution in [0.4, 0.5) is 0 Å². The number of allylic oxidation sites excluding steroid dienone is 2. The fourth-order valence-electron chi connectivity index (χ4n) is 4.81. The standard InChI is InChI=1S/C26H29NO5/c1-5-15-6-8-16(9-7-15)17-10-20-25(21(28)11-17)19(14-24(29)27-20)18-12-22(30-2)26(32-4)23(13-18)31-3/h6-9,12-13,17,19H,5,10-11,14H2,1-4H3,(H,27,29). The Bertz CT molecular complexity index is 1050. The Balaban J connectivity index is 1.73. The molecular weight excluding hydrogens is 406 g/mol. The van der Waals surface area contributed by atoms with Gasteiger partial charge in [-0.3, -0.25) is 9.59 Å². The van der Waals surface area contributed by atoms with Crippen LogP contribution in [0.2, 0.25) is 0 Å². The molecule has 6 heteroatoms. The molecule has 0 saturated heterocycles. The zero-order valence-electron chi connectivity index (χ0n) is 19.0. The normalized spacial score (nSPS) is 20.5. The summed E-state index contributed by atoms with van der Waals surface area (Å²) in [5, 5.41) is 2.98. The highest BCUT2D eigenvalue weighted by molar-refractivity contribution is 6.02. The van der Waals surface area contributed by atoms with Crippen molar-refractivity contribution in [3.63, 3.8) is 0 Å².